The summed E-state index contributed by atoms with van der Waals surface area (Å²) in [5, 5.41) is 9.42. The summed E-state index contributed by atoms with van der Waals surface area (Å²) in [6, 6.07) is 5.69. The van der Waals surface area contributed by atoms with Crippen LogP contribution in [-0.4, -0.2) is 61.2 Å². The van der Waals surface area contributed by atoms with E-state index in [1.165, 1.54) is 7.11 Å². The molecule has 0 aliphatic carbocycles. The van der Waals surface area contributed by atoms with Crippen molar-refractivity contribution < 1.29 is 23.9 Å². The van der Waals surface area contributed by atoms with Gasteiger partial charge in [-0.1, -0.05) is 39.1 Å². The van der Waals surface area contributed by atoms with E-state index in [4.69, 9.17) is 4.74 Å². The molecular formula is C26H36BN4O5. The number of aromatic nitrogens is 1. The van der Waals surface area contributed by atoms with Crippen LogP contribution in [0.4, 0.5) is 0 Å². The standard InChI is InChI=1S/C26H36BN4O5/c1-14(2)9-20(30-25(34)21-12-18-15(3)7-6-8-19(18)29-21)24(33)31-22(26(35)36-5)11-16-10-17(13-27-4)28-23(16)32/h6-8,12,14,16-17,20,22,29H,9-11,13H2,1-5H3,(H,28,32)(H,30,34)(H,31,33)/t16-,17?,20-,22-/m0/s1. The highest BCUT2D eigenvalue weighted by atomic mass is 16.5. The van der Waals surface area contributed by atoms with Crippen LogP contribution in [0.25, 0.3) is 10.9 Å². The minimum atomic E-state index is -0.995. The fourth-order valence-electron chi connectivity index (χ4n) is 4.75. The number of benzene rings is 1. The SMILES string of the molecule is C[B]CC1C[C@@H](C[C@H](NC(=O)[C@H](CC(C)C)NC(=O)c2cc3c(C)cccc3[nH]2)C(=O)OC)C(=O)N1. The van der Waals surface area contributed by atoms with Gasteiger partial charge in [0.25, 0.3) is 5.91 Å². The molecule has 2 heterocycles. The summed E-state index contributed by atoms with van der Waals surface area (Å²) in [6.07, 6.45) is 1.84. The lowest BCUT2D eigenvalue weighted by molar-refractivity contribution is -0.146. The zero-order valence-electron chi connectivity index (χ0n) is 21.6. The number of aromatic amines is 1. The number of hydrogen-bond acceptors (Lipinski definition) is 5. The Bertz CT molecular complexity index is 1110. The first-order valence-corrected chi connectivity index (χ1v) is 12.5. The molecule has 9 nitrogen and oxygen atoms in total. The number of methoxy groups -OCH3 is 1. The second-order valence-corrected chi connectivity index (χ2v) is 9.98. The number of nitrogens with one attached hydrogen (secondary N) is 4. The van der Waals surface area contributed by atoms with Gasteiger partial charge in [-0.15, -0.1) is 0 Å². The molecule has 4 N–H and O–H groups in total. The number of amides is 3. The van der Waals surface area contributed by atoms with Gasteiger partial charge < -0.3 is 25.7 Å². The Morgan fingerprint density at radius 1 is 1.19 bits per heavy atom. The van der Waals surface area contributed by atoms with E-state index in [0.717, 1.165) is 22.8 Å². The molecule has 2 aromatic rings. The fraction of sp³-hybridized carbons (Fsp3) is 0.538. The van der Waals surface area contributed by atoms with E-state index in [1.54, 1.807) is 6.07 Å². The number of rotatable bonds is 11. The molecular weight excluding hydrogens is 459 g/mol. The second-order valence-electron chi connectivity index (χ2n) is 9.98. The fourth-order valence-corrected chi connectivity index (χ4v) is 4.75. The molecule has 4 atom stereocenters. The normalized spacial score (nSPS) is 19.0. The first kappa shape index (κ1) is 27.3. The van der Waals surface area contributed by atoms with Crippen LogP contribution >= 0.6 is 0 Å². The molecule has 3 rings (SSSR count). The van der Waals surface area contributed by atoms with Crippen molar-refractivity contribution in [3.8, 4) is 0 Å². The molecule has 1 radical (unpaired) electrons. The maximum Gasteiger partial charge on any atom is 0.328 e. The summed E-state index contributed by atoms with van der Waals surface area (Å²) in [6.45, 7) is 7.79. The third kappa shape index (κ3) is 6.68. The lowest BCUT2D eigenvalue weighted by Gasteiger charge is -2.24. The van der Waals surface area contributed by atoms with Crippen molar-refractivity contribution in [2.24, 2.45) is 11.8 Å². The van der Waals surface area contributed by atoms with Gasteiger partial charge in [-0.25, -0.2) is 4.79 Å². The minimum absolute atomic E-state index is 0.0226. The molecule has 10 heteroatoms. The number of carbonyl (C=O) groups is 4. The van der Waals surface area contributed by atoms with Gasteiger partial charge in [-0.05, 0) is 49.8 Å². The summed E-state index contributed by atoms with van der Waals surface area (Å²) >= 11 is 0. The van der Waals surface area contributed by atoms with Gasteiger partial charge in [-0.3, -0.25) is 14.4 Å². The molecule has 193 valence electrons. The van der Waals surface area contributed by atoms with E-state index in [-0.39, 0.29) is 24.3 Å². The van der Waals surface area contributed by atoms with E-state index in [2.05, 4.69) is 20.9 Å². The van der Waals surface area contributed by atoms with Crippen LogP contribution < -0.4 is 16.0 Å². The summed E-state index contributed by atoms with van der Waals surface area (Å²) in [5.41, 5.74) is 2.23. The Balaban J connectivity index is 1.73. The summed E-state index contributed by atoms with van der Waals surface area (Å²) in [7, 11) is 3.23. The van der Waals surface area contributed by atoms with Crippen LogP contribution in [-0.2, 0) is 19.1 Å². The molecule has 0 bridgehead atoms. The number of hydrogen-bond donors (Lipinski definition) is 4. The first-order valence-electron chi connectivity index (χ1n) is 12.5. The Morgan fingerprint density at radius 2 is 1.94 bits per heavy atom. The smallest absolute Gasteiger partial charge is 0.328 e. The Morgan fingerprint density at radius 3 is 2.58 bits per heavy atom. The molecule has 1 aromatic carbocycles. The predicted molar refractivity (Wildman–Crippen MR) is 139 cm³/mol. The maximum atomic E-state index is 13.3. The molecule has 1 unspecified atom stereocenters. The van der Waals surface area contributed by atoms with Crippen molar-refractivity contribution in [1.82, 2.24) is 20.9 Å². The molecule has 1 aliphatic rings. The number of aryl methyl sites for hydroxylation is 1. The second kappa shape index (κ2) is 12.1. The summed E-state index contributed by atoms with van der Waals surface area (Å²) in [5.74, 6) is -1.96. The Kier molecular flexibility index (Phi) is 9.17. The number of H-pyrrole nitrogens is 1. The van der Waals surface area contributed by atoms with Crippen LogP contribution in [0.2, 0.25) is 13.1 Å². The molecule has 0 saturated carbocycles. The average Bonchev–Trinajstić information content (AvgIpc) is 3.41. The van der Waals surface area contributed by atoms with Gasteiger partial charge in [0.05, 0.1) is 7.11 Å². The van der Waals surface area contributed by atoms with Crippen LogP contribution in [0, 0.1) is 18.8 Å². The number of esters is 1. The maximum absolute atomic E-state index is 13.3. The molecule has 1 aliphatic heterocycles. The quantitative estimate of drug-likeness (QED) is 0.281. The van der Waals surface area contributed by atoms with Crippen LogP contribution in [0.5, 0.6) is 0 Å². The van der Waals surface area contributed by atoms with Gasteiger partial charge in [0, 0.05) is 22.9 Å². The lowest BCUT2D eigenvalue weighted by Crippen LogP contribution is -2.53. The first-order chi connectivity index (χ1) is 17.1. The minimum Gasteiger partial charge on any atom is -0.467 e. The summed E-state index contributed by atoms with van der Waals surface area (Å²) in [4.78, 5) is 54.3. The third-order valence-electron chi connectivity index (χ3n) is 6.58. The highest BCUT2D eigenvalue weighted by molar-refractivity contribution is 6.33. The highest BCUT2D eigenvalue weighted by Gasteiger charge is 2.37. The van der Waals surface area contributed by atoms with E-state index in [1.807, 2.05) is 53.1 Å². The molecule has 3 amide bonds. The van der Waals surface area contributed by atoms with Gasteiger partial charge in [0.1, 0.15) is 25.1 Å². The number of fused-ring (bicyclic) bond motifs is 1. The van der Waals surface area contributed by atoms with Gasteiger partial charge in [0.2, 0.25) is 11.8 Å². The third-order valence-corrected chi connectivity index (χ3v) is 6.58. The van der Waals surface area contributed by atoms with Crippen molar-refractivity contribution in [3.63, 3.8) is 0 Å². The van der Waals surface area contributed by atoms with E-state index in [0.29, 0.717) is 18.5 Å². The van der Waals surface area contributed by atoms with Crippen molar-refractivity contribution >= 4 is 41.9 Å². The Hall–Kier alpha value is -3.30. The van der Waals surface area contributed by atoms with Gasteiger partial charge >= 0.3 is 5.97 Å². The Labute approximate surface area is 212 Å². The van der Waals surface area contributed by atoms with Crippen molar-refractivity contribution in [1.29, 1.82) is 0 Å². The average molecular weight is 495 g/mol. The zero-order valence-corrected chi connectivity index (χ0v) is 21.6. The molecule has 0 spiro atoms. The van der Waals surface area contributed by atoms with Crippen LogP contribution in [0.1, 0.15) is 49.2 Å². The zero-order chi connectivity index (χ0) is 26.4. The predicted octanol–water partition coefficient (Wildman–Crippen LogP) is 2.34. The monoisotopic (exact) mass is 495 g/mol. The van der Waals surface area contributed by atoms with E-state index < -0.39 is 35.8 Å². The van der Waals surface area contributed by atoms with E-state index in [9.17, 15) is 19.2 Å². The van der Waals surface area contributed by atoms with Gasteiger partial charge in [0.15, 0.2) is 0 Å². The largest absolute Gasteiger partial charge is 0.467 e. The van der Waals surface area contributed by atoms with Crippen molar-refractivity contribution in [2.75, 3.05) is 7.11 Å². The lowest BCUT2D eigenvalue weighted by atomic mass is 9.74. The summed E-state index contributed by atoms with van der Waals surface area (Å²) < 4.78 is 4.91. The van der Waals surface area contributed by atoms with Gasteiger partial charge in [-0.2, -0.15) is 0 Å². The van der Waals surface area contributed by atoms with Crippen LogP contribution in [0.15, 0.2) is 24.3 Å². The molecule has 36 heavy (non-hydrogen) atoms. The highest BCUT2D eigenvalue weighted by Crippen LogP contribution is 2.23. The van der Waals surface area contributed by atoms with Crippen molar-refractivity contribution in [2.45, 2.75) is 71.3 Å². The topological polar surface area (TPSA) is 129 Å². The van der Waals surface area contributed by atoms with Crippen molar-refractivity contribution in [3.05, 3.63) is 35.5 Å². The molecule has 1 aromatic heterocycles. The number of carbonyl (C=O) groups excluding carboxylic acids is 4. The van der Waals surface area contributed by atoms with E-state index >= 15 is 0 Å². The van der Waals surface area contributed by atoms with Crippen LogP contribution in [0.3, 0.4) is 0 Å². The molecule has 1 saturated heterocycles. The number of ether oxygens (including phenoxy) is 1. The molecule has 1 fully saturated rings.